The molecule has 1 aromatic carbocycles. The van der Waals surface area contributed by atoms with Crippen LogP contribution in [0.4, 0.5) is 11.4 Å². The van der Waals surface area contributed by atoms with Gasteiger partial charge in [-0.2, -0.15) is 0 Å². The number of likely N-dealkylation sites (N-methyl/N-ethyl adjacent to an activating group) is 1. The number of benzene rings is 1. The largest absolute Gasteiger partial charge is 0.397 e. The number of anilines is 2. The van der Waals surface area contributed by atoms with Gasteiger partial charge in [0.25, 0.3) is 5.91 Å². The monoisotopic (exact) mass is 293 g/mol. The molecule has 0 unspecified atom stereocenters. The Hall–Kier alpha value is -2.88. The molecule has 2 rings (SSSR count). The van der Waals surface area contributed by atoms with Gasteiger partial charge in [0.1, 0.15) is 0 Å². The van der Waals surface area contributed by atoms with Crippen LogP contribution in [0.5, 0.6) is 0 Å². The number of aromatic nitrogens is 1. The third-order valence-electron chi connectivity index (χ3n) is 3.31. The number of allylic oxidation sites excluding steroid dienone is 2. The van der Waals surface area contributed by atoms with E-state index in [-0.39, 0.29) is 5.91 Å². The fourth-order valence-electron chi connectivity index (χ4n) is 2.07. The average molecular weight is 293 g/mol. The highest BCUT2D eigenvalue weighted by Crippen LogP contribution is 2.19. The number of carbonyl (C=O) groups is 1. The summed E-state index contributed by atoms with van der Waals surface area (Å²) in [7, 11) is 1.75. The average Bonchev–Trinajstić information content (AvgIpc) is 2.54. The number of para-hydroxylation sites is 1. The smallest absolute Gasteiger partial charge is 0.253 e. The number of nitrogens with two attached hydrogens (primary N) is 1. The summed E-state index contributed by atoms with van der Waals surface area (Å²) in [5, 5.41) is 0. The third kappa shape index (κ3) is 3.61. The first-order valence-electron chi connectivity index (χ1n) is 6.90. The van der Waals surface area contributed by atoms with E-state index in [0.717, 1.165) is 11.3 Å². The molecule has 0 aliphatic heterocycles. The first kappa shape index (κ1) is 15.5. The minimum Gasteiger partial charge on any atom is -0.397 e. The van der Waals surface area contributed by atoms with Gasteiger partial charge in [0.15, 0.2) is 0 Å². The molecular formula is C18H19N3O. The molecule has 0 radical (unpaired) electrons. The lowest BCUT2D eigenvalue weighted by atomic mass is 10.1. The van der Waals surface area contributed by atoms with Crippen molar-refractivity contribution in [2.75, 3.05) is 17.7 Å². The van der Waals surface area contributed by atoms with E-state index in [4.69, 9.17) is 5.73 Å². The van der Waals surface area contributed by atoms with Crippen LogP contribution in [0.3, 0.4) is 0 Å². The second-order valence-electron chi connectivity index (χ2n) is 5.06. The molecule has 22 heavy (non-hydrogen) atoms. The Morgan fingerprint density at radius 1 is 1.27 bits per heavy atom. The van der Waals surface area contributed by atoms with Crippen LogP contribution in [0.25, 0.3) is 5.57 Å². The summed E-state index contributed by atoms with van der Waals surface area (Å²) in [5.74, 6) is -0.0794. The summed E-state index contributed by atoms with van der Waals surface area (Å²) in [6.07, 6.45) is 4.99. The first-order valence-corrected chi connectivity index (χ1v) is 6.90. The van der Waals surface area contributed by atoms with Crippen LogP contribution in [-0.4, -0.2) is 17.9 Å². The van der Waals surface area contributed by atoms with Crippen molar-refractivity contribution in [3.63, 3.8) is 0 Å². The van der Waals surface area contributed by atoms with E-state index >= 15 is 0 Å². The second kappa shape index (κ2) is 6.72. The Labute approximate surface area is 130 Å². The molecule has 0 atom stereocenters. The predicted molar refractivity (Wildman–Crippen MR) is 91.3 cm³/mol. The molecule has 1 heterocycles. The molecule has 0 spiro atoms. The molecule has 0 fully saturated rings. The number of hydrogen-bond donors (Lipinski definition) is 1. The van der Waals surface area contributed by atoms with Gasteiger partial charge in [-0.25, -0.2) is 0 Å². The van der Waals surface area contributed by atoms with Crippen molar-refractivity contribution in [3.8, 4) is 0 Å². The summed E-state index contributed by atoms with van der Waals surface area (Å²) in [6.45, 7) is 5.75. The van der Waals surface area contributed by atoms with E-state index in [1.54, 1.807) is 43.4 Å². The zero-order valence-electron chi connectivity index (χ0n) is 12.8. The lowest BCUT2D eigenvalue weighted by Gasteiger charge is -2.17. The van der Waals surface area contributed by atoms with E-state index in [1.165, 1.54) is 0 Å². The third-order valence-corrected chi connectivity index (χ3v) is 3.31. The topological polar surface area (TPSA) is 59.2 Å². The second-order valence-corrected chi connectivity index (χ2v) is 5.06. The van der Waals surface area contributed by atoms with Crippen molar-refractivity contribution < 1.29 is 4.79 Å². The molecule has 4 heteroatoms. The Morgan fingerprint density at radius 2 is 1.95 bits per heavy atom. The van der Waals surface area contributed by atoms with Gasteiger partial charge >= 0.3 is 0 Å². The Balaban J connectivity index is 2.18. The summed E-state index contributed by atoms with van der Waals surface area (Å²) < 4.78 is 0. The molecule has 0 bridgehead atoms. The predicted octanol–water partition coefficient (Wildman–Crippen LogP) is 3.29. The molecule has 4 nitrogen and oxygen atoms in total. The van der Waals surface area contributed by atoms with Gasteiger partial charge in [0, 0.05) is 36.3 Å². The number of rotatable bonds is 4. The molecule has 2 N–H and O–H groups in total. The van der Waals surface area contributed by atoms with Crippen LogP contribution >= 0.6 is 0 Å². The van der Waals surface area contributed by atoms with E-state index in [1.807, 2.05) is 30.3 Å². The molecule has 0 saturated heterocycles. The van der Waals surface area contributed by atoms with Crippen molar-refractivity contribution in [2.45, 2.75) is 6.92 Å². The number of nitrogen functional groups attached to an aromatic ring is 1. The molecule has 0 aliphatic carbocycles. The maximum atomic E-state index is 12.5. The highest BCUT2D eigenvalue weighted by Gasteiger charge is 2.13. The van der Waals surface area contributed by atoms with Crippen molar-refractivity contribution in [1.29, 1.82) is 0 Å². The van der Waals surface area contributed by atoms with Crippen LogP contribution in [0.15, 0.2) is 67.0 Å². The fourth-order valence-corrected chi connectivity index (χ4v) is 2.07. The molecule has 0 saturated carbocycles. The lowest BCUT2D eigenvalue weighted by molar-refractivity contribution is -0.114. The zero-order valence-corrected chi connectivity index (χ0v) is 12.8. The lowest BCUT2D eigenvalue weighted by Crippen LogP contribution is -2.26. The van der Waals surface area contributed by atoms with Gasteiger partial charge < -0.3 is 10.6 Å². The van der Waals surface area contributed by atoms with Gasteiger partial charge in [-0.3, -0.25) is 9.78 Å². The standard InChI is InChI=1S/C18H19N3O/c1-13(15-10-16(19)12-20-11-15)9-14(2)18(22)21(3)17-7-5-4-6-8-17/h4-12H,1,19H2,2-3H3/b14-9+. The SMILES string of the molecule is C=C(/C=C(\C)C(=O)N(C)c1ccccc1)c1cncc(N)c1. The van der Waals surface area contributed by atoms with Crippen LogP contribution in [0, 0.1) is 0 Å². The number of nitrogens with zero attached hydrogens (tertiary/aromatic N) is 2. The minimum absolute atomic E-state index is 0.0794. The normalized spacial score (nSPS) is 11.1. The van der Waals surface area contributed by atoms with Gasteiger partial charge in [0.2, 0.25) is 0 Å². The van der Waals surface area contributed by atoms with Gasteiger partial charge in [0.05, 0.1) is 5.69 Å². The van der Waals surface area contributed by atoms with Crippen molar-refractivity contribution in [3.05, 3.63) is 72.6 Å². The van der Waals surface area contributed by atoms with Crippen molar-refractivity contribution >= 4 is 22.9 Å². The van der Waals surface area contributed by atoms with Crippen molar-refractivity contribution in [2.24, 2.45) is 0 Å². The van der Waals surface area contributed by atoms with E-state index in [9.17, 15) is 4.79 Å². The number of carbonyl (C=O) groups excluding carboxylic acids is 1. The summed E-state index contributed by atoms with van der Waals surface area (Å²) in [6, 6.07) is 11.3. The summed E-state index contributed by atoms with van der Waals surface area (Å²) >= 11 is 0. The highest BCUT2D eigenvalue weighted by atomic mass is 16.2. The first-order chi connectivity index (χ1) is 10.5. The minimum atomic E-state index is -0.0794. The Bertz CT molecular complexity index is 720. The number of pyridine rings is 1. The maximum absolute atomic E-state index is 12.5. The summed E-state index contributed by atoms with van der Waals surface area (Å²) in [5.41, 5.74) is 9.22. The number of amides is 1. The van der Waals surface area contributed by atoms with E-state index < -0.39 is 0 Å². The zero-order chi connectivity index (χ0) is 16.1. The van der Waals surface area contributed by atoms with E-state index in [0.29, 0.717) is 16.8 Å². The molecule has 2 aromatic rings. The van der Waals surface area contributed by atoms with Crippen LogP contribution in [0.1, 0.15) is 12.5 Å². The van der Waals surface area contributed by atoms with Crippen LogP contribution in [-0.2, 0) is 4.79 Å². The molecule has 0 aliphatic rings. The summed E-state index contributed by atoms with van der Waals surface area (Å²) in [4.78, 5) is 18.1. The van der Waals surface area contributed by atoms with Gasteiger partial charge in [-0.15, -0.1) is 0 Å². The van der Waals surface area contributed by atoms with Crippen LogP contribution < -0.4 is 10.6 Å². The Kier molecular flexibility index (Phi) is 4.73. The quantitative estimate of drug-likeness (QED) is 0.695. The molecule has 112 valence electrons. The maximum Gasteiger partial charge on any atom is 0.253 e. The number of hydrogen-bond acceptors (Lipinski definition) is 3. The highest BCUT2D eigenvalue weighted by molar-refractivity contribution is 6.06. The van der Waals surface area contributed by atoms with Gasteiger partial charge in [-0.1, -0.05) is 24.8 Å². The van der Waals surface area contributed by atoms with Gasteiger partial charge in [-0.05, 0) is 36.8 Å². The van der Waals surface area contributed by atoms with Crippen molar-refractivity contribution in [1.82, 2.24) is 4.98 Å². The fraction of sp³-hybridized carbons (Fsp3) is 0.111. The molecule has 1 aromatic heterocycles. The molecule has 1 amide bonds. The van der Waals surface area contributed by atoms with E-state index in [2.05, 4.69) is 11.6 Å². The Morgan fingerprint density at radius 3 is 2.59 bits per heavy atom. The molecular weight excluding hydrogens is 274 g/mol. The van der Waals surface area contributed by atoms with Crippen LogP contribution in [0.2, 0.25) is 0 Å².